The summed E-state index contributed by atoms with van der Waals surface area (Å²) in [7, 11) is 0. The number of pyridine rings is 1. The molecule has 0 unspecified atom stereocenters. The lowest BCUT2D eigenvalue weighted by Gasteiger charge is -2.02. The van der Waals surface area contributed by atoms with E-state index in [4.69, 9.17) is 46.6 Å². The minimum absolute atomic E-state index is 0.229. The molecule has 84 valence electrons. The maximum absolute atomic E-state index is 6.03. The Hall–Kier alpha value is -0.410. The number of nitrogens with zero attached hydrogens (tertiary/aromatic N) is 2. The second kappa shape index (κ2) is 4.84. The molecule has 0 saturated heterocycles. The summed E-state index contributed by atoms with van der Waals surface area (Å²) in [6.45, 7) is 0. The van der Waals surface area contributed by atoms with Gasteiger partial charge >= 0.3 is 0 Å². The van der Waals surface area contributed by atoms with Crippen molar-refractivity contribution in [3.63, 3.8) is 0 Å². The number of hydrogen-bond acceptors (Lipinski definition) is 1. The summed E-state index contributed by atoms with van der Waals surface area (Å²) in [4.78, 5) is 4.01. The summed E-state index contributed by atoms with van der Waals surface area (Å²) in [6, 6.07) is 3.77. The fraction of sp³-hybridized carbons (Fsp3) is 0.100. The number of hydrogen-bond donors (Lipinski definition) is 0. The first kappa shape index (κ1) is 12.1. The van der Waals surface area contributed by atoms with Gasteiger partial charge in [0, 0.05) is 30.6 Å². The van der Waals surface area contributed by atoms with E-state index in [9.17, 15) is 0 Å². The van der Waals surface area contributed by atoms with Crippen LogP contribution in [0.3, 0.4) is 0 Å². The van der Waals surface area contributed by atoms with E-state index in [1.54, 1.807) is 12.4 Å². The molecule has 16 heavy (non-hydrogen) atoms. The maximum atomic E-state index is 6.03. The highest BCUT2D eigenvalue weighted by Crippen LogP contribution is 2.37. The van der Waals surface area contributed by atoms with Gasteiger partial charge in [0.1, 0.15) is 5.15 Å². The zero-order valence-corrected chi connectivity index (χ0v) is 10.9. The topological polar surface area (TPSA) is 17.8 Å². The highest BCUT2D eigenvalue weighted by molar-refractivity contribution is 6.49. The van der Waals surface area contributed by atoms with Crippen LogP contribution < -0.4 is 0 Å². The molecule has 2 rings (SSSR count). The van der Waals surface area contributed by atoms with Crippen molar-refractivity contribution in [2.24, 2.45) is 0 Å². The van der Waals surface area contributed by atoms with Crippen LogP contribution in [-0.2, 0) is 6.42 Å². The first-order valence-electron chi connectivity index (χ1n) is 4.40. The van der Waals surface area contributed by atoms with Gasteiger partial charge in [-0.25, -0.2) is 4.09 Å². The Balaban J connectivity index is 2.39. The summed E-state index contributed by atoms with van der Waals surface area (Å²) >= 11 is 23.7. The van der Waals surface area contributed by atoms with Crippen LogP contribution in [-0.4, -0.2) is 9.07 Å². The van der Waals surface area contributed by atoms with Gasteiger partial charge in [0.2, 0.25) is 0 Å². The van der Waals surface area contributed by atoms with Gasteiger partial charge < -0.3 is 0 Å². The van der Waals surface area contributed by atoms with Gasteiger partial charge in [-0.1, -0.05) is 40.9 Å². The molecular weight excluding hydrogens is 290 g/mol. The second-order valence-electron chi connectivity index (χ2n) is 3.18. The van der Waals surface area contributed by atoms with Gasteiger partial charge in [-0.3, -0.25) is 4.98 Å². The molecule has 0 aliphatic carbocycles. The Bertz CT molecular complexity index is 482. The molecule has 2 heterocycles. The van der Waals surface area contributed by atoms with Crippen LogP contribution in [0.2, 0.25) is 15.2 Å². The average molecular weight is 296 g/mol. The number of rotatable bonds is 2. The summed E-state index contributed by atoms with van der Waals surface area (Å²) in [5, 5.41) is 0.884. The second-order valence-corrected chi connectivity index (χ2v) is 4.64. The highest BCUT2D eigenvalue weighted by atomic mass is 35.5. The van der Waals surface area contributed by atoms with Crippen molar-refractivity contribution in [3.8, 4) is 0 Å². The minimum Gasteiger partial charge on any atom is -0.264 e. The van der Waals surface area contributed by atoms with E-state index in [0.29, 0.717) is 17.1 Å². The zero-order valence-electron chi connectivity index (χ0n) is 7.92. The summed E-state index contributed by atoms with van der Waals surface area (Å²) < 4.78 is 1.26. The Morgan fingerprint density at radius 1 is 1.19 bits per heavy atom. The van der Waals surface area contributed by atoms with E-state index >= 15 is 0 Å². The molecule has 0 saturated carbocycles. The van der Waals surface area contributed by atoms with Gasteiger partial charge in [0.25, 0.3) is 0 Å². The van der Waals surface area contributed by atoms with Crippen molar-refractivity contribution in [3.05, 3.63) is 51.0 Å². The molecule has 0 amide bonds. The third-order valence-corrected chi connectivity index (χ3v) is 3.92. The van der Waals surface area contributed by atoms with Crippen molar-refractivity contribution in [1.82, 2.24) is 9.07 Å². The maximum Gasteiger partial charge on any atom is 0.144 e. The summed E-state index contributed by atoms with van der Waals surface area (Å²) in [6.07, 6.45) is 3.97. The Morgan fingerprint density at radius 2 is 1.94 bits per heavy atom. The molecule has 2 aromatic heterocycles. The molecule has 0 N–H and O–H groups in total. The van der Waals surface area contributed by atoms with E-state index in [-0.39, 0.29) is 10.2 Å². The molecular formula is C10H6Cl4N2. The van der Waals surface area contributed by atoms with Crippen LogP contribution in [0.4, 0.5) is 0 Å². The third kappa shape index (κ3) is 2.16. The normalized spacial score (nSPS) is 10.8. The van der Waals surface area contributed by atoms with Gasteiger partial charge in [-0.15, -0.1) is 0 Å². The minimum atomic E-state index is 0.229. The fourth-order valence-corrected chi connectivity index (χ4v) is 2.35. The molecule has 0 aliphatic heterocycles. The molecule has 0 aromatic carbocycles. The monoisotopic (exact) mass is 294 g/mol. The molecule has 0 aliphatic rings. The largest absolute Gasteiger partial charge is 0.264 e. The lowest BCUT2D eigenvalue weighted by Crippen LogP contribution is -1.94. The SMILES string of the molecule is Clc1c(Cl)c(Cc2cccnc2)n(Cl)c1Cl. The zero-order chi connectivity index (χ0) is 11.7. The van der Waals surface area contributed by atoms with Crippen LogP contribution in [0.15, 0.2) is 24.5 Å². The highest BCUT2D eigenvalue weighted by Gasteiger charge is 2.18. The van der Waals surface area contributed by atoms with Crippen LogP contribution in [0, 0.1) is 0 Å². The average Bonchev–Trinajstić information content (AvgIpc) is 2.48. The van der Waals surface area contributed by atoms with Gasteiger partial charge in [-0.2, -0.15) is 0 Å². The molecule has 0 atom stereocenters. The molecule has 2 aromatic rings. The smallest absolute Gasteiger partial charge is 0.144 e. The molecule has 0 radical (unpaired) electrons. The molecule has 0 spiro atoms. The number of halogens is 4. The quantitative estimate of drug-likeness (QED) is 0.801. The van der Waals surface area contributed by atoms with Gasteiger partial charge in [-0.05, 0) is 11.6 Å². The summed E-state index contributed by atoms with van der Waals surface area (Å²) in [5.41, 5.74) is 1.64. The Morgan fingerprint density at radius 3 is 2.44 bits per heavy atom. The predicted octanol–water partition coefficient (Wildman–Crippen LogP) is 4.44. The van der Waals surface area contributed by atoms with Crippen LogP contribution in [0.1, 0.15) is 11.3 Å². The van der Waals surface area contributed by atoms with Gasteiger partial charge in [0.15, 0.2) is 0 Å². The van der Waals surface area contributed by atoms with Crippen molar-refractivity contribution in [2.75, 3.05) is 0 Å². The van der Waals surface area contributed by atoms with Crippen molar-refractivity contribution < 1.29 is 0 Å². The number of aromatic nitrogens is 2. The summed E-state index contributed by atoms with van der Waals surface area (Å²) in [5.74, 6) is 0. The fourth-order valence-electron chi connectivity index (χ4n) is 1.35. The molecule has 0 fully saturated rings. The van der Waals surface area contributed by atoms with Crippen molar-refractivity contribution >= 4 is 46.6 Å². The predicted molar refractivity (Wildman–Crippen MR) is 67.8 cm³/mol. The molecule has 2 nitrogen and oxygen atoms in total. The van der Waals surface area contributed by atoms with E-state index in [2.05, 4.69) is 4.98 Å². The Labute approximate surface area is 113 Å². The Kier molecular flexibility index (Phi) is 3.65. The molecule has 6 heteroatoms. The lowest BCUT2D eigenvalue weighted by atomic mass is 10.2. The van der Waals surface area contributed by atoms with Crippen LogP contribution >= 0.6 is 46.6 Å². The van der Waals surface area contributed by atoms with Crippen molar-refractivity contribution in [2.45, 2.75) is 6.42 Å². The van der Waals surface area contributed by atoms with E-state index in [0.717, 1.165) is 5.56 Å². The van der Waals surface area contributed by atoms with E-state index < -0.39 is 0 Å². The van der Waals surface area contributed by atoms with E-state index in [1.165, 1.54) is 4.09 Å². The molecule has 0 bridgehead atoms. The van der Waals surface area contributed by atoms with Crippen LogP contribution in [0.25, 0.3) is 0 Å². The van der Waals surface area contributed by atoms with Crippen LogP contribution in [0.5, 0.6) is 0 Å². The van der Waals surface area contributed by atoms with Crippen molar-refractivity contribution in [1.29, 1.82) is 0 Å². The first-order valence-corrected chi connectivity index (χ1v) is 5.87. The van der Waals surface area contributed by atoms with E-state index in [1.807, 2.05) is 12.1 Å². The standard InChI is InChI=1S/C10H6Cl4N2/c11-8-7(16(14)10(13)9(8)12)4-6-2-1-3-15-5-6/h1-3,5H,4H2. The third-order valence-electron chi connectivity index (χ3n) is 2.13. The first-order chi connectivity index (χ1) is 7.61. The lowest BCUT2D eigenvalue weighted by molar-refractivity contribution is 1.04. The van der Waals surface area contributed by atoms with Gasteiger partial charge in [0.05, 0.1) is 15.7 Å².